The highest BCUT2D eigenvalue weighted by Crippen LogP contribution is 2.44. The van der Waals surface area contributed by atoms with Crippen LogP contribution in [-0.2, 0) is 6.42 Å². The summed E-state index contributed by atoms with van der Waals surface area (Å²) in [5, 5.41) is -0.201. The Hall–Kier alpha value is -1.19. The molecular formula is C15H12ClFOS. The molecule has 3 rings (SSSR count). The number of hydrogen-bond donors (Lipinski definition) is 0. The van der Waals surface area contributed by atoms with Crippen LogP contribution < -0.4 is 4.74 Å². The summed E-state index contributed by atoms with van der Waals surface area (Å²) in [6.45, 7) is 0. The first kappa shape index (κ1) is 12.8. The SMILES string of the molecule is COc1ccc2c(c1)Sc1ccc(F)cc1C(Cl)C2. The molecule has 0 amide bonds. The molecule has 4 heteroatoms. The van der Waals surface area contributed by atoms with Crippen molar-refractivity contribution >= 4 is 23.4 Å². The third kappa shape index (κ3) is 2.45. The zero-order valence-electron chi connectivity index (χ0n) is 10.3. The van der Waals surface area contributed by atoms with Crippen LogP contribution in [0.4, 0.5) is 4.39 Å². The van der Waals surface area contributed by atoms with Crippen LogP contribution in [0.1, 0.15) is 16.5 Å². The Morgan fingerprint density at radius 2 is 2.05 bits per heavy atom. The predicted octanol–water partition coefficient (Wildman–Crippen LogP) is 4.82. The molecule has 1 aliphatic rings. The van der Waals surface area contributed by atoms with E-state index in [0.717, 1.165) is 21.1 Å². The molecule has 0 bridgehead atoms. The normalized spacial score (nSPS) is 17.3. The fraction of sp³-hybridized carbons (Fsp3) is 0.200. The lowest BCUT2D eigenvalue weighted by molar-refractivity contribution is 0.413. The molecule has 19 heavy (non-hydrogen) atoms. The smallest absolute Gasteiger partial charge is 0.123 e. The van der Waals surface area contributed by atoms with Gasteiger partial charge in [0.2, 0.25) is 0 Å². The molecule has 2 aromatic rings. The summed E-state index contributed by atoms with van der Waals surface area (Å²) in [7, 11) is 1.65. The van der Waals surface area contributed by atoms with Crippen LogP contribution >= 0.6 is 23.4 Å². The summed E-state index contributed by atoms with van der Waals surface area (Å²) in [5.41, 5.74) is 2.03. The average Bonchev–Trinajstić information content (AvgIpc) is 2.54. The van der Waals surface area contributed by atoms with Gasteiger partial charge < -0.3 is 4.74 Å². The Bertz CT molecular complexity index is 630. The molecule has 0 spiro atoms. The standard InChI is InChI=1S/C15H12ClFOS/c1-18-11-4-2-9-6-13(16)12-7-10(17)3-5-14(12)19-15(9)8-11/h2-5,7-8,13H,6H2,1H3. The molecular weight excluding hydrogens is 283 g/mol. The predicted molar refractivity (Wildman–Crippen MR) is 75.8 cm³/mol. The molecule has 1 nitrogen and oxygen atoms in total. The average molecular weight is 295 g/mol. The fourth-order valence-electron chi connectivity index (χ4n) is 2.20. The van der Waals surface area contributed by atoms with Crippen molar-refractivity contribution in [3.8, 4) is 5.75 Å². The first-order valence-corrected chi connectivity index (χ1v) is 7.21. The molecule has 0 aromatic heterocycles. The summed E-state index contributed by atoms with van der Waals surface area (Å²) < 4.78 is 18.6. The van der Waals surface area contributed by atoms with Crippen LogP contribution in [-0.4, -0.2) is 7.11 Å². The van der Waals surface area contributed by atoms with E-state index < -0.39 is 0 Å². The van der Waals surface area contributed by atoms with E-state index in [2.05, 4.69) is 0 Å². The van der Waals surface area contributed by atoms with Gasteiger partial charge in [-0.15, -0.1) is 11.6 Å². The Kier molecular flexibility index (Phi) is 3.42. The molecule has 98 valence electrons. The molecule has 2 aromatic carbocycles. The third-order valence-corrected chi connectivity index (χ3v) is 4.78. The lowest BCUT2D eigenvalue weighted by Crippen LogP contribution is -1.96. The van der Waals surface area contributed by atoms with E-state index in [4.69, 9.17) is 16.3 Å². The van der Waals surface area contributed by atoms with Crippen LogP contribution in [0.3, 0.4) is 0 Å². The van der Waals surface area contributed by atoms with E-state index in [0.29, 0.717) is 6.42 Å². The van der Waals surface area contributed by atoms with Crippen molar-refractivity contribution in [2.24, 2.45) is 0 Å². The number of ether oxygens (including phenoxy) is 1. The first-order valence-electron chi connectivity index (χ1n) is 5.95. The zero-order valence-corrected chi connectivity index (χ0v) is 11.9. The molecule has 1 heterocycles. The maximum Gasteiger partial charge on any atom is 0.123 e. The van der Waals surface area contributed by atoms with Crippen molar-refractivity contribution in [3.63, 3.8) is 0 Å². The molecule has 0 saturated heterocycles. The van der Waals surface area contributed by atoms with E-state index in [9.17, 15) is 4.39 Å². The second-order valence-corrected chi connectivity index (χ2v) is 6.04. The van der Waals surface area contributed by atoms with E-state index >= 15 is 0 Å². The van der Waals surface area contributed by atoms with E-state index in [1.807, 2.05) is 18.2 Å². The van der Waals surface area contributed by atoms with Gasteiger partial charge in [-0.1, -0.05) is 17.8 Å². The molecule has 0 saturated carbocycles. The Morgan fingerprint density at radius 1 is 1.21 bits per heavy atom. The monoisotopic (exact) mass is 294 g/mol. The third-order valence-electron chi connectivity index (χ3n) is 3.20. The number of rotatable bonds is 1. The van der Waals surface area contributed by atoms with Gasteiger partial charge >= 0.3 is 0 Å². The fourth-order valence-corrected chi connectivity index (χ4v) is 3.77. The minimum Gasteiger partial charge on any atom is -0.497 e. The van der Waals surface area contributed by atoms with E-state index in [1.54, 1.807) is 24.9 Å². The molecule has 0 N–H and O–H groups in total. The van der Waals surface area contributed by atoms with Crippen molar-refractivity contribution in [2.45, 2.75) is 21.6 Å². The van der Waals surface area contributed by atoms with Crippen LogP contribution in [0, 0.1) is 5.82 Å². The highest BCUT2D eigenvalue weighted by molar-refractivity contribution is 7.99. The minimum absolute atomic E-state index is 0.201. The number of alkyl halides is 1. The lowest BCUT2D eigenvalue weighted by atomic mass is 10.0. The Balaban J connectivity index is 2.10. The van der Waals surface area contributed by atoms with Gasteiger partial charge in [0.15, 0.2) is 0 Å². The molecule has 0 aliphatic carbocycles. The summed E-state index contributed by atoms with van der Waals surface area (Å²) in [6.07, 6.45) is 0.699. The van der Waals surface area contributed by atoms with Gasteiger partial charge in [-0.3, -0.25) is 0 Å². The molecule has 1 unspecified atom stereocenters. The minimum atomic E-state index is -0.242. The van der Waals surface area contributed by atoms with Crippen LogP contribution in [0.2, 0.25) is 0 Å². The van der Waals surface area contributed by atoms with Gasteiger partial charge in [0.25, 0.3) is 0 Å². The van der Waals surface area contributed by atoms with Gasteiger partial charge in [0.1, 0.15) is 11.6 Å². The van der Waals surface area contributed by atoms with Gasteiger partial charge in [0.05, 0.1) is 12.5 Å². The van der Waals surface area contributed by atoms with Crippen molar-refractivity contribution in [1.29, 1.82) is 0 Å². The van der Waals surface area contributed by atoms with Gasteiger partial charge in [0, 0.05) is 9.79 Å². The molecule has 1 aliphatic heterocycles. The van der Waals surface area contributed by atoms with Crippen molar-refractivity contribution < 1.29 is 9.13 Å². The van der Waals surface area contributed by atoms with E-state index in [-0.39, 0.29) is 11.2 Å². The summed E-state index contributed by atoms with van der Waals surface area (Å²) in [5.74, 6) is 0.580. The summed E-state index contributed by atoms with van der Waals surface area (Å²) >= 11 is 8.03. The second kappa shape index (κ2) is 5.06. The Morgan fingerprint density at radius 3 is 2.84 bits per heavy atom. The van der Waals surface area contributed by atoms with Gasteiger partial charge in [-0.2, -0.15) is 0 Å². The highest BCUT2D eigenvalue weighted by atomic mass is 35.5. The van der Waals surface area contributed by atoms with Crippen LogP contribution in [0.25, 0.3) is 0 Å². The number of methoxy groups -OCH3 is 1. The largest absolute Gasteiger partial charge is 0.497 e. The maximum absolute atomic E-state index is 13.4. The van der Waals surface area contributed by atoms with Gasteiger partial charge in [-0.25, -0.2) is 4.39 Å². The highest BCUT2D eigenvalue weighted by Gasteiger charge is 2.21. The number of hydrogen-bond acceptors (Lipinski definition) is 2. The first-order chi connectivity index (χ1) is 9.17. The van der Waals surface area contributed by atoms with Gasteiger partial charge in [-0.05, 0) is 47.9 Å². The number of halogens is 2. The van der Waals surface area contributed by atoms with E-state index in [1.165, 1.54) is 17.7 Å². The molecule has 0 fully saturated rings. The second-order valence-electron chi connectivity index (χ2n) is 4.43. The van der Waals surface area contributed by atoms with Crippen molar-refractivity contribution in [3.05, 3.63) is 53.3 Å². The summed E-state index contributed by atoms with van der Waals surface area (Å²) in [4.78, 5) is 2.13. The topological polar surface area (TPSA) is 9.23 Å². The quantitative estimate of drug-likeness (QED) is 0.697. The zero-order chi connectivity index (χ0) is 13.4. The molecule has 0 radical (unpaired) electrons. The van der Waals surface area contributed by atoms with Crippen LogP contribution in [0.5, 0.6) is 5.75 Å². The van der Waals surface area contributed by atoms with Crippen molar-refractivity contribution in [1.82, 2.24) is 0 Å². The Labute approximate surface area is 120 Å². The molecule has 1 atom stereocenters. The lowest BCUT2D eigenvalue weighted by Gasteiger charge is -2.09. The number of fused-ring (bicyclic) bond motifs is 2. The number of benzene rings is 2. The summed E-state index contributed by atoms with van der Waals surface area (Å²) in [6, 6.07) is 10.8. The maximum atomic E-state index is 13.4. The van der Waals surface area contributed by atoms with Crippen molar-refractivity contribution in [2.75, 3.05) is 7.11 Å². The van der Waals surface area contributed by atoms with Crippen LogP contribution in [0.15, 0.2) is 46.2 Å².